The molecule has 6 nitrogen and oxygen atoms in total. The van der Waals surface area contributed by atoms with Gasteiger partial charge < -0.3 is 9.80 Å². The fourth-order valence-electron chi connectivity index (χ4n) is 2.78. The van der Waals surface area contributed by atoms with E-state index in [1.165, 1.54) is 11.8 Å². The molecule has 2 aliphatic heterocycles. The summed E-state index contributed by atoms with van der Waals surface area (Å²) in [6.07, 6.45) is 0.703. The quantitative estimate of drug-likeness (QED) is 0.753. The molecule has 22 heavy (non-hydrogen) atoms. The van der Waals surface area contributed by atoms with Gasteiger partial charge in [-0.2, -0.15) is 0 Å². The van der Waals surface area contributed by atoms with Crippen LogP contribution in [0.3, 0.4) is 0 Å². The molecular weight excluding hydrogens is 320 g/mol. The lowest BCUT2D eigenvalue weighted by Crippen LogP contribution is -2.44. The van der Waals surface area contributed by atoms with Crippen LogP contribution in [-0.2, 0) is 9.84 Å². The third-order valence-corrected chi connectivity index (χ3v) is 7.22. The van der Waals surface area contributed by atoms with Crippen LogP contribution in [0.25, 0.3) is 0 Å². The molecule has 0 aliphatic carbocycles. The first-order chi connectivity index (χ1) is 10.4. The maximum Gasteiger partial charge on any atom is 0.190 e. The second kappa shape index (κ2) is 6.33. The molecule has 1 aromatic rings. The fourth-order valence-corrected chi connectivity index (χ4v) is 6.24. The van der Waals surface area contributed by atoms with Crippen molar-refractivity contribution in [3.05, 3.63) is 11.8 Å². The van der Waals surface area contributed by atoms with Gasteiger partial charge in [-0.25, -0.2) is 18.4 Å². The van der Waals surface area contributed by atoms with Crippen LogP contribution in [-0.4, -0.2) is 73.3 Å². The highest BCUT2D eigenvalue weighted by Gasteiger charge is 2.29. The van der Waals surface area contributed by atoms with Crippen LogP contribution < -0.4 is 4.90 Å². The zero-order chi connectivity index (χ0) is 15.7. The minimum atomic E-state index is -2.85. The van der Waals surface area contributed by atoms with Gasteiger partial charge in [-0.15, -0.1) is 0 Å². The highest BCUT2D eigenvalue weighted by atomic mass is 32.2. The summed E-state index contributed by atoms with van der Waals surface area (Å²) in [4.78, 5) is 13.7. The minimum Gasteiger partial charge on any atom is -0.354 e. The highest BCUT2D eigenvalue weighted by molar-refractivity contribution is 8.01. The van der Waals surface area contributed by atoms with Crippen molar-refractivity contribution in [2.75, 3.05) is 49.6 Å². The molecule has 1 aromatic heterocycles. The number of hydrogen-bond acceptors (Lipinski definition) is 7. The Bertz CT molecular complexity index is 642. The second-order valence-corrected chi connectivity index (χ2v) is 9.58. The zero-order valence-corrected chi connectivity index (χ0v) is 14.7. The van der Waals surface area contributed by atoms with Gasteiger partial charge in [0.1, 0.15) is 5.82 Å². The topological polar surface area (TPSA) is 66.4 Å². The molecule has 0 bridgehead atoms. The molecule has 8 heteroatoms. The molecule has 2 aliphatic rings. The molecule has 0 N–H and O–H groups in total. The standard InChI is InChI=1S/C14H22N4O2S2/c1-11-9-13(18-6-4-17(2)5-7-18)16-14(15-11)21-12-3-8-22(19,20)10-12/h9,12H,3-8,10H2,1-2H3/t12-/m0/s1. The molecule has 0 amide bonds. The number of aryl methyl sites for hydroxylation is 1. The Hall–Kier alpha value is -0.860. The van der Waals surface area contributed by atoms with E-state index in [0.29, 0.717) is 17.3 Å². The molecular formula is C14H22N4O2S2. The lowest BCUT2D eigenvalue weighted by molar-refractivity contribution is 0.312. The maximum atomic E-state index is 11.6. The molecule has 0 spiro atoms. The van der Waals surface area contributed by atoms with Crippen molar-refractivity contribution in [1.29, 1.82) is 0 Å². The molecule has 1 atom stereocenters. The number of thioether (sulfide) groups is 1. The van der Waals surface area contributed by atoms with Gasteiger partial charge in [0.25, 0.3) is 0 Å². The Labute approximate surface area is 136 Å². The molecule has 0 saturated carbocycles. The highest BCUT2D eigenvalue weighted by Crippen LogP contribution is 2.30. The van der Waals surface area contributed by atoms with Gasteiger partial charge in [-0.05, 0) is 20.4 Å². The Morgan fingerprint density at radius 2 is 1.95 bits per heavy atom. The van der Waals surface area contributed by atoms with Gasteiger partial charge in [0.2, 0.25) is 0 Å². The number of aromatic nitrogens is 2. The van der Waals surface area contributed by atoms with Crippen molar-refractivity contribution >= 4 is 27.4 Å². The van der Waals surface area contributed by atoms with Crippen molar-refractivity contribution in [3.63, 3.8) is 0 Å². The van der Waals surface area contributed by atoms with E-state index in [0.717, 1.165) is 37.7 Å². The normalized spacial score (nSPS) is 25.5. The first kappa shape index (κ1) is 16.0. The predicted molar refractivity (Wildman–Crippen MR) is 89.4 cm³/mol. The van der Waals surface area contributed by atoms with Gasteiger partial charge in [0, 0.05) is 43.2 Å². The largest absolute Gasteiger partial charge is 0.354 e. The number of piperazine rings is 1. The third kappa shape index (κ3) is 3.91. The van der Waals surface area contributed by atoms with Crippen LogP contribution in [0.1, 0.15) is 12.1 Å². The summed E-state index contributed by atoms with van der Waals surface area (Å²) in [6, 6.07) is 2.01. The molecule has 122 valence electrons. The Balaban J connectivity index is 1.73. The minimum absolute atomic E-state index is 0.0899. The van der Waals surface area contributed by atoms with E-state index in [1.54, 1.807) is 0 Å². The van der Waals surface area contributed by atoms with Crippen molar-refractivity contribution in [2.24, 2.45) is 0 Å². The molecule has 3 rings (SSSR count). The van der Waals surface area contributed by atoms with Crippen LogP contribution in [0.15, 0.2) is 11.2 Å². The predicted octanol–water partition coefficient (Wildman–Crippen LogP) is 0.816. The van der Waals surface area contributed by atoms with Gasteiger partial charge in [0.05, 0.1) is 11.5 Å². The Morgan fingerprint density at radius 1 is 1.23 bits per heavy atom. The van der Waals surface area contributed by atoms with E-state index in [1.807, 2.05) is 13.0 Å². The third-order valence-electron chi connectivity index (χ3n) is 4.11. The van der Waals surface area contributed by atoms with E-state index in [-0.39, 0.29) is 11.0 Å². The fraction of sp³-hybridized carbons (Fsp3) is 0.714. The summed E-state index contributed by atoms with van der Waals surface area (Å²) in [7, 11) is -0.725. The second-order valence-electron chi connectivity index (χ2n) is 6.08. The van der Waals surface area contributed by atoms with E-state index < -0.39 is 9.84 Å². The van der Waals surface area contributed by atoms with Crippen LogP contribution in [0, 0.1) is 6.92 Å². The van der Waals surface area contributed by atoms with E-state index in [4.69, 9.17) is 0 Å². The lowest BCUT2D eigenvalue weighted by Gasteiger charge is -2.33. The van der Waals surface area contributed by atoms with Crippen molar-refractivity contribution in [3.8, 4) is 0 Å². The molecule has 2 saturated heterocycles. The Kier molecular flexibility index (Phi) is 4.61. The average molecular weight is 342 g/mol. The van der Waals surface area contributed by atoms with E-state index >= 15 is 0 Å². The lowest BCUT2D eigenvalue weighted by atomic mass is 10.3. The van der Waals surface area contributed by atoms with Crippen molar-refractivity contribution in [2.45, 2.75) is 23.8 Å². The Morgan fingerprint density at radius 3 is 2.59 bits per heavy atom. The molecule has 3 heterocycles. The molecule has 0 aromatic carbocycles. The van der Waals surface area contributed by atoms with Gasteiger partial charge >= 0.3 is 0 Å². The monoisotopic (exact) mass is 342 g/mol. The number of rotatable bonds is 3. The van der Waals surface area contributed by atoms with Gasteiger partial charge in [0.15, 0.2) is 15.0 Å². The smallest absolute Gasteiger partial charge is 0.190 e. The first-order valence-corrected chi connectivity index (χ1v) is 10.3. The van der Waals surface area contributed by atoms with Crippen LogP contribution in [0.5, 0.6) is 0 Å². The van der Waals surface area contributed by atoms with Crippen LogP contribution >= 0.6 is 11.8 Å². The molecule has 0 unspecified atom stereocenters. The number of anilines is 1. The van der Waals surface area contributed by atoms with E-state index in [2.05, 4.69) is 26.8 Å². The zero-order valence-electron chi connectivity index (χ0n) is 13.0. The number of hydrogen-bond donors (Lipinski definition) is 0. The number of likely N-dealkylation sites (N-methyl/N-ethyl adjacent to an activating group) is 1. The SMILES string of the molecule is Cc1cc(N2CCN(C)CC2)nc(S[C@H]2CCS(=O)(=O)C2)n1. The summed E-state index contributed by atoms with van der Waals surface area (Å²) < 4.78 is 23.2. The van der Waals surface area contributed by atoms with Crippen LogP contribution in [0.4, 0.5) is 5.82 Å². The number of nitrogens with zero attached hydrogens (tertiary/aromatic N) is 4. The van der Waals surface area contributed by atoms with E-state index in [9.17, 15) is 8.42 Å². The maximum absolute atomic E-state index is 11.6. The summed E-state index contributed by atoms with van der Waals surface area (Å²) >= 11 is 1.51. The molecule has 0 radical (unpaired) electrons. The van der Waals surface area contributed by atoms with Crippen LogP contribution in [0.2, 0.25) is 0 Å². The van der Waals surface area contributed by atoms with Crippen molar-refractivity contribution < 1.29 is 8.42 Å². The first-order valence-electron chi connectivity index (χ1n) is 7.57. The van der Waals surface area contributed by atoms with Gasteiger partial charge in [-0.1, -0.05) is 11.8 Å². The van der Waals surface area contributed by atoms with Crippen molar-refractivity contribution in [1.82, 2.24) is 14.9 Å². The summed E-state index contributed by atoms with van der Waals surface area (Å²) in [5.41, 5.74) is 0.937. The van der Waals surface area contributed by atoms with Gasteiger partial charge in [-0.3, -0.25) is 0 Å². The summed E-state index contributed by atoms with van der Waals surface area (Å²) in [5.74, 6) is 1.50. The summed E-state index contributed by atoms with van der Waals surface area (Å²) in [5, 5.41) is 0.795. The average Bonchev–Trinajstić information content (AvgIpc) is 2.78. The molecule has 2 fully saturated rings. The summed E-state index contributed by atoms with van der Waals surface area (Å²) in [6.45, 7) is 5.97. The number of sulfone groups is 1.